The first-order valence-electron chi connectivity index (χ1n) is 7.34. The van der Waals surface area contributed by atoms with Crippen molar-refractivity contribution in [3.63, 3.8) is 0 Å². The van der Waals surface area contributed by atoms with E-state index in [1.54, 1.807) is 0 Å². The van der Waals surface area contributed by atoms with E-state index in [-0.39, 0.29) is 16.4 Å². The quantitative estimate of drug-likeness (QED) is 0.808. The lowest BCUT2D eigenvalue weighted by atomic mass is 9.77. The van der Waals surface area contributed by atoms with Gasteiger partial charge < -0.3 is 5.11 Å². The molecule has 1 aromatic rings. The number of fused-ring (bicyclic) bond motifs is 2. The van der Waals surface area contributed by atoms with Gasteiger partial charge in [0.1, 0.15) is 7.85 Å². The molecule has 1 N–H and O–H groups in total. The molecule has 3 atom stereocenters. The first kappa shape index (κ1) is 14.1. The van der Waals surface area contributed by atoms with Crippen LogP contribution < -0.4 is 5.46 Å². The minimum absolute atomic E-state index is 0.0335. The summed E-state index contributed by atoms with van der Waals surface area (Å²) in [6.45, 7) is 1.83. The Morgan fingerprint density at radius 1 is 1.15 bits per heavy atom. The fraction of sp³-hybridized carbons (Fsp3) is 0.600. The molecular formula is C15H21BO3S. The molecule has 0 aromatic heterocycles. The van der Waals surface area contributed by atoms with Gasteiger partial charge in [0.15, 0.2) is 9.84 Å². The van der Waals surface area contributed by atoms with Crippen molar-refractivity contribution in [3.05, 3.63) is 29.8 Å². The summed E-state index contributed by atoms with van der Waals surface area (Å²) < 4.78 is 24.3. The Kier molecular flexibility index (Phi) is 3.25. The zero-order valence-electron chi connectivity index (χ0n) is 12.0. The van der Waals surface area contributed by atoms with Crippen LogP contribution in [0.1, 0.15) is 38.2 Å². The third-order valence-corrected chi connectivity index (χ3v) is 7.98. The summed E-state index contributed by atoms with van der Waals surface area (Å²) in [6.07, 6.45) is 2.74. The van der Waals surface area contributed by atoms with Crippen molar-refractivity contribution < 1.29 is 13.5 Å². The van der Waals surface area contributed by atoms with E-state index in [1.807, 2.05) is 39.0 Å². The third-order valence-electron chi connectivity index (χ3n) is 5.27. The molecule has 2 heterocycles. The van der Waals surface area contributed by atoms with Gasteiger partial charge in [-0.2, -0.15) is 0 Å². The number of hydrogen-bond acceptors (Lipinski definition) is 3. The average molecular weight is 292 g/mol. The highest BCUT2D eigenvalue weighted by atomic mass is 32.2. The topological polar surface area (TPSA) is 54.4 Å². The molecule has 0 spiro atoms. The lowest BCUT2D eigenvalue weighted by Gasteiger charge is -2.38. The van der Waals surface area contributed by atoms with Crippen molar-refractivity contribution in [1.82, 2.24) is 0 Å². The van der Waals surface area contributed by atoms with Crippen molar-refractivity contribution in [2.45, 2.75) is 48.7 Å². The Morgan fingerprint density at radius 3 is 2.15 bits per heavy atom. The summed E-state index contributed by atoms with van der Waals surface area (Å²) in [6, 6.07) is 7.91. The Morgan fingerprint density at radius 2 is 1.65 bits per heavy atom. The highest BCUT2D eigenvalue weighted by molar-refractivity contribution is 7.93. The molecule has 20 heavy (non-hydrogen) atoms. The predicted octanol–water partition coefficient (Wildman–Crippen LogP) is 0.508. The molecule has 0 amide bonds. The smallest absolute Gasteiger partial charge is 0.156 e. The second-order valence-electron chi connectivity index (χ2n) is 6.59. The molecule has 108 valence electrons. The van der Waals surface area contributed by atoms with Crippen LogP contribution in [0.3, 0.4) is 0 Å². The van der Waals surface area contributed by atoms with E-state index in [0.29, 0.717) is 12.8 Å². The van der Waals surface area contributed by atoms with E-state index in [4.69, 9.17) is 0 Å². The maximum Gasteiger partial charge on any atom is 0.156 e. The summed E-state index contributed by atoms with van der Waals surface area (Å²) in [4.78, 5) is 0. The summed E-state index contributed by atoms with van der Waals surface area (Å²) in [5.41, 5.74) is 1.12. The van der Waals surface area contributed by atoms with Crippen LogP contribution in [0.15, 0.2) is 24.3 Å². The van der Waals surface area contributed by atoms with Crippen molar-refractivity contribution in [1.29, 1.82) is 0 Å². The summed E-state index contributed by atoms with van der Waals surface area (Å²) in [5, 5.41) is 10.5. The summed E-state index contributed by atoms with van der Waals surface area (Å²) >= 11 is 0. The van der Waals surface area contributed by atoms with Gasteiger partial charge in [0.25, 0.3) is 0 Å². The zero-order chi connectivity index (χ0) is 14.5. The molecule has 0 radical (unpaired) electrons. The first-order valence-corrected chi connectivity index (χ1v) is 8.95. The molecule has 2 aliphatic heterocycles. The molecule has 3 rings (SSSR count). The molecule has 0 saturated carbocycles. The molecule has 2 saturated heterocycles. The third kappa shape index (κ3) is 2.11. The number of benzene rings is 1. The van der Waals surface area contributed by atoms with E-state index in [9.17, 15) is 13.5 Å². The van der Waals surface area contributed by atoms with Crippen LogP contribution in [0.4, 0.5) is 0 Å². The molecular weight excluding hydrogens is 271 g/mol. The van der Waals surface area contributed by atoms with Gasteiger partial charge in [-0.05, 0) is 44.1 Å². The van der Waals surface area contributed by atoms with Crippen LogP contribution in [0.5, 0.6) is 0 Å². The first-order chi connectivity index (χ1) is 9.31. The standard InChI is InChI=1S/C15H21BO3S/c1-15(17,10-2-4-12(16)5-3-10)11-8-13-6-7-14(9-11)20(13,18)19/h2-5,11,13-14,17H,6-9,16H2,1H3. The monoisotopic (exact) mass is 292 g/mol. The van der Waals surface area contributed by atoms with Gasteiger partial charge in [-0.25, -0.2) is 8.42 Å². The van der Waals surface area contributed by atoms with Crippen molar-refractivity contribution in [2.24, 2.45) is 5.92 Å². The normalized spacial score (nSPS) is 34.6. The molecule has 3 nitrogen and oxygen atoms in total. The van der Waals surface area contributed by atoms with Crippen LogP contribution in [0.2, 0.25) is 0 Å². The van der Waals surface area contributed by atoms with Crippen molar-refractivity contribution in [3.8, 4) is 0 Å². The molecule has 3 unspecified atom stereocenters. The molecule has 2 bridgehead atoms. The van der Waals surface area contributed by atoms with E-state index in [2.05, 4.69) is 0 Å². The number of rotatable bonds is 2. The maximum absolute atomic E-state index is 12.1. The largest absolute Gasteiger partial charge is 0.385 e. The van der Waals surface area contributed by atoms with Crippen LogP contribution in [-0.4, -0.2) is 31.9 Å². The highest BCUT2D eigenvalue weighted by Crippen LogP contribution is 2.47. The second kappa shape index (κ2) is 4.60. The SMILES string of the molecule is Bc1ccc(C(C)(O)C2CC3CCC(C2)S3(=O)=O)cc1. The number of aliphatic hydroxyl groups is 1. The van der Waals surface area contributed by atoms with Gasteiger partial charge in [-0.3, -0.25) is 0 Å². The van der Waals surface area contributed by atoms with Gasteiger partial charge in [0.05, 0.1) is 16.1 Å². The average Bonchev–Trinajstić information content (AvgIpc) is 2.58. The van der Waals surface area contributed by atoms with Crippen molar-refractivity contribution in [2.75, 3.05) is 0 Å². The fourth-order valence-electron chi connectivity index (χ4n) is 3.79. The molecule has 0 aliphatic carbocycles. The Labute approximate surface area is 121 Å². The lowest BCUT2D eigenvalue weighted by Crippen LogP contribution is -2.42. The summed E-state index contributed by atoms with van der Waals surface area (Å²) in [5.74, 6) is 0.0335. The Bertz CT molecular complexity index is 587. The van der Waals surface area contributed by atoms with Gasteiger partial charge >= 0.3 is 0 Å². The lowest BCUT2D eigenvalue weighted by molar-refractivity contribution is -0.0138. The number of sulfone groups is 1. The minimum atomic E-state index is -2.92. The minimum Gasteiger partial charge on any atom is -0.385 e. The van der Waals surface area contributed by atoms with E-state index in [1.165, 1.54) is 0 Å². The van der Waals surface area contributed by atoms with E-state index >= 15 is 0 Å². The Hall–Kier alpha value is -0.805. The fourth-order valence-corrected chi connectivity index (χ4v) is 6.27. The van der Waals surface area contributed by atoms with Crippen LogP contribution in [0.25, 0.3) is 0 Å². The molecule has 2 fully saturated rings. The van der Waals surface area contributed by atoms with Crippen LogP contribution in [-0.2, 0) is 15.4 Å². The maximum atomic E-state index is 12.1. The molecule has 1 aromatic carbocycles. The van der Waals surface area contributed by atoms with Gasteiger partial charge in [0.2, 0.25) is 0 Å². The number of hydrogen-bond donors (Lipinski definition) is 1. The Balaban J connectivity index is 1.88. The summed E-state index contributed by atoms with van der Waals surface area (Å²) in [7, 11) is -0.903. The van der Waals surface area contributed by atoms with Crippen LogP contribution >= 0.6 is 0 Å². The van der Waals surface area contributed by atoms with Crippen molar-refractivity contribution >= 4 is 23.1 Å². The predicted molar refractivity (Wildman–Crippen MR) is 82.6 cm³/mol. The second-order valence-corrected chi connectivity index (χ2v) is 9.10. The van der Waals surface area contributed by atoms with E-state index in [0.717, 1.165) is 23.9 Å². The van der Waals surface area contributed by atoms with E-state index < -0.39 is 15.4 Å². The zero-order valence-corrected chi connectivity index (χ0v) is 12.9. The van der Waals surface area contributed by atoms with Gasteiger partial charge in [0, 0.05) is 0 Å². The molecule has 5 heteroatoms. The van der Waals surface area contributed by atoms with Gasteiger partial charge in [-0.15, -0.1) is 0 Å². The highest BCUT2D eigenvalue weighted by Gasteiger charge is 2.51. The molecule has 2 aliphatic rings. The van der Waals surface area contributed by atoms with Gasteiger partial charge in [-0.1, -0.05) is 29.7 Å². The van der Waals surface area contributed by atoms with Crippen LogP contribution in [0, 0.1) is 5.92 Å².